The van der Waals surface area contributed by atoms with E-state index in [1.807, 2.05) is 14.1 Å². The van der Waals surface area contributed by atoms with Gasteiger partial charge in [-0.2, -0.15) is 5.10 Å². The van der Waals surface area contributed by atoms with Crippen molar-refractivity contribution in [3.63, 3.8) is 0 Å². The molecule has 4 nitrogen and oxygen atoms in total. The average molecular weight is 284 g/mol. The molecule has 18 heavy (non-hydrogen) atoms. The molecule has 0 fully saturated rings. The van der Waals surface area contributed by atoms with Crippen LogP contribution in [0.25, 0.3) is 0 Å². The van der Waals surface area contributed by atoms with Gasteiger partial charge >= 0.3 is 0 Å². The summed E-state index contributed by atoms with van der Waals surface area (Å²) in [5.41, 5.74) is 4.10. The summed E-state index contributed by atoms with van der Waals surface area (Å²) in [5.74, 6) is -0.246. The Hall–Kier alpha value is -1.52. The third kappa shape index (κ3) is 2.49. The summed E-state index contributed by atoms with van der Waals surface area (Å²) in [4.78, 5) is 13.5. The molecule has 1 aliphatic heterocycles. The Labute approximate surface area is 115 Å². The van der Waals surface area contributed by atoms with Crippen molar-refractivity contribution >= 4 is 34.8 Å². The summed E-state index contributed by atoms with van der Waals surface area (Å²) in [7, 11) is 3.67. The van der Waals surface area contributed by atoms with Crippen LogP contribution in [0, 0.1) is 0 Å². The summed E-state index contributed by atoms with van der Waals surface area (Å²) in [6.07, 6.45) is 1.70. The Kier molecular flexibility index (Phi) is 3.59. The van der Waals surface area contributed by atoms with E-state index in [2.05, 4.69) is 10.5 Å². The summed E-state index contributed by atoms with van der Waals surface area (Å²) in [6, 6.07) is 5.08. The topological polar surface area (TPSA) is 44.7 Å². The maximum atomic E-state index is 11.7. The number of nitrogens with zero attached hydrogens (tertiary/aromatic N) is 2. The zero-order chi connectivity index (χ0) is 13.3. The molecule has 1 aliphatic rings. The largest absolute Gasteiger partial charge is 0.383 e. The van der Waals surface area contributed by atoms with Crippen LogP contribution < -0.4 is 5.43 Å². The quantitative estimate of drug-likeness (QED) is 0.847. The highest BCUT2D eigenvalue weighted by molar-refractivity contribution is 6.40. The Bertz CT molecular complexity index is 564. The molecule has 0 spiro atoms. The number of nitrogens with one attached hydrogen (secondary N) is 1. The molecule has 1 N–H and O–H groups in total. The van der Waals surface area contributed by atoms with Crippen molar-refractivity contribution in [2.75, 3.05) is 14.1 Å². The van der Waals surface area contributed by atoms with E-state index >= 15 is 0 Å². The van der Waals surface area contributed by atoms with Crippen molar-refractivity contribution in [1.82, 2.24) is 10.3 Å². The van der Waals surface area contributed by atoms with E-state index in [4.69, 9.17) is 23.2 Å². The van der Waals surface area contributed by atoms with Crippen molar-refractivity contribution in [2.45, 2.75) is 0 Å². The minimum absolute atomic E-state index is 0.246. The first-order valence-electron chi connectivity index (χ1n) is 5.21. The van der Waals surface area contributed by atoms with Crippen LogP contribution in [0.1, 0.15) is 5.56 Å². The molecule has 1 aromatic rings. The fourth-order valence-corrected chi connectivity index (χ4v) is 2.10. The van der Waals surface area contributed by atoms with Crippen LogP contribution in [0.3, 0.4) is 0 Å². The van der Waals surface area contributed by atoms with E-state index in [0.717, 1.165) is 0 Å². The standard InChI is InChI=1S/C12H11Cl2N3O/c1-17(2)6-9-11(15-16-12(9)18)8-4-3-7(13)5-10(8)14/h3-6H,1-2H3,(H,16,18). The molecular formula is C12H11Cl2N3O. The number of halogens is 2. The van der Waals surface area contributed by atoms with Gasteiger partial charge in [-0.05, 0) is 18.2 Å². The molecule has 0 unspecified atom stereocenters. The second-order valence-corrected chi connectivity index (χ2v) is 4.88. The fourth-order valence-electron chi connectivity index (χ4n) is 1.60. The molecule has 0 saturated heterocycles. The van der Waals surface area contributed by atoms with Crippen LogP contribution in [0.4, 0.5) is 0 Å². The van der Waals surface area contributed by atoms with Crippen molar-refractivity contribution in [1.29, 1.82) is 0 Å². The highest BCUT2D eigenvalue weighted by atomic mass is 35.5. The smallest absolute Gasteiger partial charge is 0.275 e. The predicted octanol–water partition coefficient (Wildman–Crippen LogP) is 2.27. The molecule has 1 amide bonds. The zero-order valence-electron chi connectivity index (χ0n) is 9.87. The highest BCUT2D eigenvalue weighted by Gasteiger charge is 2.25. The Balaban J connectivity index is 2.47. The first-order chi connectivity index (χ1) is 8.49. The van der Waals surface area contributed by atoms with Crippen LogP contribution in [0.15, 0.2) is 35.1 Å². The molecule has 6 heteroatoms. The van der Waals surface area contributed by atoms with Crippen LogP contribution in [-0.4, -0.2) is 30.6 Å². The second-order valence-electron chi connectivity index (χ2n) is 4.03. The van der Waals surface area contributed by atoms with E-state index in [1.54, 1.807) is 29.3 Å². The summed E-state index contributed by atoms with van der Waals surface area (Å²) in [6.45, 7) is 0. The predicted molar refractivity (Wildman–Crippen MR) is 72.9 cm³/mol. The van der Waals surface area contributed by atoms with E-state index in [0.29, 0.717) is 26.9 Å². The van der Waals surface area contributed by atoms with Gasteiger partial charge in [-0.3, -0.25) is 4.79 Å². The van der Waals surface area contributed by atoms with Gasteiger partial charge in [-0.25, -0.2) is 5.43 Å². The molecule has 94 valence electrons. The van der Waals surface area contributed by atoms with E-state index in [-0.39, 0.29) is 5.91 Å². The molecule has 0 aromatic heterocycles. The number of amides is 1. The van der Waals surface area contributed by atoms with Gasteiger partial charge in [-0.15, -0.1) is 0 Å². The maximum absolute atomic E-state index is 11.7. The van der Waals surface area contributed by atoms with Crippen LogP contribution in [0.2, 0.25) is 10.0 Å². The van der Waals surface area contributed by atoms with Crippen molar-refractivity contribution in [3.05, 3.63) is 45.6 Å². The molecule has 0 aliphatic carbocycles. The zero-order valence-corrected chi connectivity index (χ0v) is 11.4. The van der Waals surface area contributed by atoms with Gasteiger partial charge in [0.05, 0.1) is 10.6 Å². The number of carbonyl (C=O) groups excluding carboxylic acids is 1. The molecule has 2 rings (SSSR count). The maximum Gasteiger partial charge on any atom is 0.275 e. The normalized spacial score (nSPS) is 16.8. The summed E-state index contributed by atoms with van der Waals surface area (Å²) in [5, 5.41) is 5.01. The summed E-state index contributed by atoms with van der Waals surface area (Å²) < 4.78 is 0. The van der Waals surface area contributed by atoms with Gasteiger partial charge in [0.25, 0.3) is 5.91 Å². The van der Waals surface area contributed by atoms with Crippen LogP contribution in [0.5, 0.6) is 0 Å². The minimum atomic E-state index is -0.246. The van der Waals surface area contributed by atoms with Crippen molar-refractivity contribution in [2.24, 2.45) is 5.10 Å². The Morgan fingerprint density at radius 3 is 2.67 bits per heavy atom. The van der Waals surface area contributed by atoms with E-state index in [9.17, 15) is 4.79 Å². The van der Waals surface area contributed by atoms with E-state index < -0.39 is 0 Å². The third-order valence-electron chi connectivity index (χ3n) is 2.34. The fraction of sp³-hybridized carbons (Fsp3) is 0.167. The molecule has 1 aromatic carbocycles. The molecular weight excluding hydrogens is 273 g/mol. The third-order valence-corrected chi connectivity index (χ3v) is 2.89. The number of carbonyl (C=O) groups is 1. The summed E-state index contributed by atoms with van der Waals surface area (Å²) >= 11 is 12.0. The van der Waals surface area contributed by atoms with Gasteiger partial charge < -0.3 is 4.90 Å². The van der Waals surface area contributed by atoms with Crippen molar-refractivity contribution in [3.8, 4) is 0 Å². The lowest BCUT2D eigenvalue weighted by molar-refractivity contribution is -0.116. The number of hydrogen-bond acceptors (Lipinski definition) is 3. The molecule has 0 radical (unpaired) electrons. The Morgan fingerprint density at radius 2 is 2.06 bits per heavy atom. The lowest BCUT2D eigenvalue weighted by Gasteiger charge is -2.08. The minimum Gasteiger partial charge on any atom is -0.383 e. The Morgan fingerprint density at radius 1 is 1.33 bits per heavy atom. The van der Waals surface area contributed by atoms with E-state index in [1.165, 1.54) is 0 Å². The number of rotatable bonds is 2. The first kappa shape index (κ1) is 12.9. The molecule has 0 saturated carbocycles. The SMILES string of the molecule is CN(C)C=C1C(=O)NN=C1c1ccc(Cl)cc1Cl. The lowest BCUT2D eigenvalue weighted by atomic mass is 10.0. The van der Waals surface area contributed by atoms with Gasteiger partial charge in [-0.1, -0.05) is 23.2 Å². The van der Waals surface area contributed by atoms with Gasteiger partial charge in [0.2, 0.25) is 0 Å². The van der Waals surface area contributed by atoms with Gasteiger partial charge in [0, 0.05) is 30.9 Å². The molecule has 0 bridgehead atoms. The highest BCUT2D eigenvalue weighted by Crippen LogP contribution is 2.25. The van der Waals surface area contributed by atoms with Gasteiger partial charge in [0.15, 0.2) is 0 Å². The van der Waals surface area contributed by atoms with Crippen molar-refractivity contribution < 1.29 is 4.79 Å². The monoisotopic (exact) mass is 283 g/mol. The number of benzene rings is 1. The first-order valence-corrected chi connectivity index (χ1v) is 5.96. The number of hydrazone groups is 1. The van der Waals surface area contributed by atoms with Gasteiger partial charge in [0.1, 0.15) is 5.71 Å². The molecule has 0 atom stereocenters. The second kappa shape index (κ2) is 5.00. The van der Waals surface area contributed by atoms with Crippen LogP contribution >= 0.6 is 23.2 Å². The number of hydrogen-bond donors (Lipinski definition) is 1. The van der Waals surface area contributed by atoms with Crippen LogP contribution in [-0.2, 0) is 4.79 Å². The lowest BCUT2D eigenvalue weighted by Crippen LogP contribution is -2.17. The molecule has 1 heterocycles. The average Bonchev–Trinajstić information content (AvgIpc) is 2.60.